The highest BCUT2D eigenvalue weighted by molar-refractivity contribution is 7.15. The van der Waals surface area contributed by atoms with E-state index in [2.05, 4.69) is 90.4 Å². The first-order valence-corrected chi connectivity index (χ1v) is 14.6. The molecule has 8 heteroatoms. The lowest BCUT2D eigenvalue weighted by Gasteiger charge is -2.30. The van der Waals surface area contributed by atoms with Crippen LogP contribution in [0.2, 0.25) is 0 Å². The number of ether oxygens (including phenoxy) is 1. The minimum absolute atomic E-state index is 0.584. The fourth-order valence-electron chi connectivity index (χ4n) is 4.92. The molecule has 5 rings (SSSR count). The van der Waals surface area contributed by atoms with Gasteiger partial charge in [-0.25, -0.2) is 15.0 Å². The zero-order valence-corrected chi connectivity index (χ0v) is 24.2. The first-order chi connectivity index (χ1) is 19.0. The quantitative estimate of drug-likeness (QED) is 0.251. The number of aryl methyl sites for hydroxylation is 3. The Balaban J connectivity index is 1.33. The van der Waals surface area contributed by atoms with Gasteiger partial charge < -0.3 is 15.0 Å². The number of benzene rings is 2. The van der Waals surface area contributed by atoms with Gasteiger partial charge in [-0.05, 0) is 62.6 Å². The Morgan fingerprint density at radius 2 is 1.90 bits per heavy atom. The summed E-state index contributed by atoms with van der Waals surface area (Å²) in [5.74, 6) is 0.584. The molecule has 0 amide bonds. The lowest BCUT2D eigenvalue weighted by atomic mass is 10.1. The lowest BCUT2D eigenvalue weighted by molar-refractivity contribution is 0.0393. The molecule has 1 aliphatic heterocycles. The van der Waals surface area contributed by atoms with E-state index in [1.165, 1.54) is 16.8 Å². The molecular weight excluding hydrogens is 504 g/mol. The average Bonchev–Trinajstić information content (AvgIpc) is 3.37. The number of nitrogens with zero attached hydrogens (tertiary/aromatic N) is 5. The standard InChI is InChI=1S/C31H38N6OS/c1-5-7-28-35-29(24-9-6-8-22(2)20-24)30(39-28)26-12-13-32-31(34-26)33-25-10-11-27(23(3)21-25)36(4)14-15-37-16-18-38-19-17-37/h6,8-13,20-21H,5,7,14-19H2,1-4H3,(H,32,33,34). The molecule has 39 heavy (non-hydrogen) atoms. The molecule has 0 aliphatic carbocycles. The Labute approximate surface area is 235 Å². The molecular formula is C31H38N6OS. The number of morpholine rings is 1. The summed E-state index contributed by atoms with van der Waals surface area (Å²) in [6.07, 6.45) is 3.85. The highest BCUT2D eigenvalue weighted by Gasteiger charge is 2.17. The molecule has 1 fully saturated rings. The number of aromatic nitrogens is 3. The van der Waals surface area contributed by atoms with E-state index in [4.69, 9.17) is 14.7 Å². The van der Waals surface area contributed by atoms with Gasteiger partial charge in [-0.3, -0.25) is 4.90 Å². The smallest absolute Gasteiger partial charge is 0.227 e. The summed E-state index contributed by atoms with van der Waals surface area (Å²) in [4.78, 5) is 20.3. The van der Waals surface area contributed by atoms with Crippen molar-refractivity contribution in [3.05, 3.63) is 70.9 Å². The molecule has 4 aromatic rings. The monoisotopic (exact) mass is 542 g/mol. The number of rotatable bonds is 10. The summed E-state index contributed by atoms with van der Waals surface area (Å²) in [5, 5.41) is 4.57. The second kappa shape index (κ2) is 12.7. The van der Waals surface area contributed by atoms with Crippen LogP contribution < -0.4 is 10.2 Å². The predicted octanol–water partition coefficient (Wildman–Crippen LogP) is 6.35. The van der Waals surface area contributed by atoms with Gasteiger partial charge in [0.15, 0.2) is 0 Å². The van der Waals surface area contributed by atoms with Crippen molar-refractivity contribution in [2.75, 3.05) is 56.7 Å². The lowest BCUT2D eigenvalue weighted by Crippen LogP contribution is -2.40. The SMILES string of the molecule is CCCc1nc(-c2cccc(C)c2)c(-c2ccnc(Nc3ccc(N(C)CCN4CCOCC4)c(C)c3)n2)s1. The first-order valence-electron chi connectivity index (χ1n) is 13.8. The fraction of sp³-hybridized carbons (Fsp3) is 0.387. The summed E-state index contributed by atoms with van der Waals surface area (Å²) in [5.41, 5.74) is 7.66. The Bertz CT molecular complexity index is 1400. The number of anilines is 3. The van der Waals surface area contributed by atoms with E-state index >= 15 is 0 Å². The van der Waals surface area contributed by atoms with Crippen molar-refractivity contribution in [3.8, 4) is 21.8 Å². The van der Waals surface area contributed by atoms with Gasteiger partial charge in [0, 0.05) is 56.4 Å². The molecule has 0 radical (unpaired) electrons. The van der Waals surface area contributed by atoms with Gasteiger partial charge in [0.2, 0.25) is 5.95 Å². The van der Waals surface area contributed by atoms with Crippen LogP contribution in [0.4, 0.5) is 17.3 Å². The average molecular weight is 543 g/mol. The van der Waals surface area contributed by atoms with Gasteiger partial charge in [-0.1, -0.05) is 30.7 Å². The van der Waals surface area contributed by atoms with Gasteiger partial charge in [-0.2, -0.15) is 0 Å². The van der Waals surface area contributed by atoms with Gasteiger partial charge in [0.25, 0.3) is 0 Å². The third-order valence-corrected chi connectivity index (χ3v) is 8.17. The van der Waals surface area contributed by atoms with Crippen molar-refractivity contribution in [3.63, 3.8) is 0 Å². The van der Waals surface area contributed by atoms with Crippen molar-refractivity contribution in [2.45, 2.75) is 33.6 Å². The van der Waals surface area contributed by atoms with Gasteiger partial charge in [0.1, 0.15) is 0 Å². The molecule has 0 bridgehead atoms. The van der Waals surface area contributed by atoms with Crippen LogP contribution in [-0.4, -0.2) is 66.3 Å². The van der Waals surface area contributed by atoms with Crippen LogP contribution >= 0.6 is 11.3 Å². The molecule has 1 saturated heterocycles. The minimum Gasteiger partial charge on any atom is -0.379 e. The molecule has 2 aromatic carbocycles. The topological polar surface area (TPSA) is 66.4 Å². The number of hydrogen-bond acceptors (Lipinski definition) is 8. The number of hydrogen-bond donors (Lipinski definition) is 1. The zero-order valence-electron chi connectivity index (χ0n) is 23.4. The van der Waals surface area contributed by atoms with Crippen LogP contribution in [0.15, 0.2) is 54.7 Å². The van der Waals surface area contributed by atoms with E-state index in [9.17, 15) is 0 Å². The van der Waals surface area contributed by atoms with Crippen LogP contribution in [0, 0.1) is 13.8 Å². The van der Waals surface area contributed by atoms with E-state index in [1.54, 1.807) is 11.3 Å². The van der Waals surface area contributed by atoms with Crippen molar-refractivity contribution < 1.29 is 4.74 Å². The van der Waals surface area contributed by atoms with Crippen LogP contribution in [-0.2, 0) is 11.2 Å². The molecule has 1 aliphatic rings. The van der Waals surface area contributed by atoms with Gasteiger partial charge in [0.05, 0.1) is 34.5 Å². The third-order valence-electron chi connectivity index (χ3n) is 7.03. The highest BCUT2D eigenvalue weighted by atomic mass is 32.1. The van der Waals surface area contributed by atoms with E-state index in [0.29, 0.717) is 5.95 Å². The van der Waals surface area contributed by atoms with E-state index < -0.39 is 0 Å². The van der Waals surface area contributed by atoms with Crippen molar-refractivity contribution >= 4 is 28.7 Å². The maximum Gasteiger partial charge on any atom is 0.227 e. The molecule has 0 atom stereocenters. The van der Waals surface area contributed by atoms with E-state index in [0.717, 1.165) is 84.8 Å². The Morgan fingerprint density at radius 3 is 2.67 bits per heavy atom. The predicted molar refractivity (Wildman–Crippen MR) is 162 cm³/mol. The fourth-order valence-corrected chi connectivity index (χ4v) is 6.08. The summed E-state index contributed by atoms with van der Waals surface area (Å²) in [6.45, 7) is 12.2. The molecule has 3 heterocycles. The molecule has 0 unspecified atom stereocenters. The molecule has 1 N–H and O–H groups in total. The number of likely N-dealkylation sites (N-methyl/N-ethyl adjacent to an activating group) is 1. The molecule has 204 valence electrons. The molecule has 2 aromatic heterocycles. The van der Waals surface area contributed by atoms with Crippen LogP contribution in [0.3, 0.4) is 0 Å². The van der Waals surface area contributed by atoms with Gasteiger partial charge in [-0.15, -0.1) is 11.3 Å². The number of nitrogens with one attached hydrogen (secondary N) is 1. The van der Waals surface area contributed by atoms with Crippen molar-refractivity contribution in [1.82, 2.24) is 19.9 Å². The summed E-state index contributed by atoms with van der Waals surface area (Å²) < 4.78 is 5.47. The Kier molecular flexibility index (Phi) is 8.86. The normalized spacial score (nSPS) is 13.9. The second-order valence-corrected chi connectivity index (χ2v) is 11.3. The summed E-state index contributed by atoms with van der Waals surface area (Å²) in [7, 11) is 2.16. The summed E-state index contributed by atoms with van der Waals surface area (Å²) in [6, 6.07) is 17.0. The maximum absolute atomic E-state index is 5.47. The number of thiazole rings is 1. The maximum atomic E-state index is 5.47. The van der Waals surface area contributed by atoms with E-state index in [-0.39, 0.29) is 0 Å². The molecule has 0 spiro atoms. The molecule has 0 saturated carbocycles. The van der Waals surface area contributed by atoms with Crippen LogP contribution in [0.25, 0.3) is 21.8 Å². The Hall–Kier alpha value is -3.33. The van der Waals surface area contributed by atoms with Crippen LogP contribution in [0.1, 0.15) is 29.5 Å². The Morgan fingerprint density at radius 1 is 1.05 bits per heavy atom. The third kappa shape index (κ3) is 6.82. The summed E-state index contributed by atoms with van der Waals surface area (Å²) >= 11 is 1.73. The second-order valence-electron chi connectivity index (χ2n) is 10.2. The zero-order chi connectivity index (χ0) is 27.2. The van der Waals surface area contributed by atoms with Crippen LogP contribution in [0.5, 0.6) is 0 Å². The first kappa shape index (κ1) is 27.2. The highest BCUT2D eigenvalue weighted by Crippen LogP contribution is 2.37. The van der Waals surface area contributed by atoms with E-state index in [1.807, 2.05) is 12.3 Å². The van der Waals surface area contributed by atoms with Crippen molar-refractivity contribution in [2.24, 2.45) is 0 Å². The minimum atomic E-state index is 0.584. The largest absolute Gasteiger partial charge is 0.379 e. The van der Waals surface area contributed by atoms with Crippen molar-refractivity contribution in [1.29, 1.82) is 0 Å². The van der Waals surface area contributed by atoms with Gasteiger partial charge >= 0.3 is 0 Å². The molecule has 7 nitrogen and oxygen atoms in total.